The van der Waals surface area contributed by atoms with Crippen LogP contribution in [0.4, 0.5) is 11.6 Å². The van der Waals surface area contributed by atoms with Gasteiger partial charge in [-0.25, -0.2) is 19.9 Å². The number of nitrogens with one attached hydrogen (secondary N) is 2. The van der Waals surface area contributed by atoms with Gasteiger partial charge in [-0.15, -0.1) is 0 Å². The first kappa shape index (κ1) is 46.4. The van der Waals surface area contributed by atoms with Gasteiger partial charge in [-0.2, -0.15) is 10.2 Å². The number of amides is 2. The number of carbonyl (C=O) groups excluding carboxylic acids is 2. The summed E-state index contributed by atoms with van der Waals surface area (Å²) in [5.41, 5.74) is 11.5. The predicted molar refractivity (Wildman–Crippen MR) is 257 cm³/mol. The first-order valence-corrected chi connectivity index (χ1v) is 22.1. The number of aromatic amines is 2. The van der Waals surface area contributed by atoms with Gasteiger partial charge in [-0.05, 0) is 110 Å². The van der Waals surface area contributed by atoms with E-state index in [9.17, 15) is 14.7 Å². The predicted octanol–water partition coefficient (Wildman–Crippen LogP) is 7.01. The lowest BCUT2D eigenvalue weighted by Crippen LogP contribution is -2.49. The maximum absolute atomic E-state index is 11.9. The largest absolute Gasteiger partial charge is 0.506 e. The Morgan fingerprint density at radius 2 is 1.14 bits per heavy atom. The number of aryl methyl sites for hydroxylation is 2. The van der Waals surface area contributed by atoms with Crippen molar-refractivity contribution in [3.63, 3.8) is 0 Å². The van der Waals surface area contributed by atoms with Crippen molar-refractivity contribution in [3.05, 3.63) is 113 Å². The minimum absolute atomic E-state index is 0. The maximum Gasteiger partial charge on any atom is 0.246 e. The minimum Gasteiger partial charge on any atom is -0.506 e. The van der Waals surface area contributed by atoms with Crippen molar-refractivity contribution in [2.45, 2.75) is 80.1 Å². The first-order valence-electron chi connectivity index (χ1n) is 22.1. The molecule has 10 rings (SSSR count). The zero-order valence-electron chi connectivity index (χ0n) is 36.6. The first-order chi connectivity index (χ1) is 30.5. The second-order valence-electron chi connectivity index (χ2n) is 17.7. The number of rotatable bonds is 6. The number of piperazine rings is 2. The topological polar surface area (TPSA) is 176 Å². The molecular weight excluding hydrogens is 817 g/mol. The van der Waals surface area contributed by atoms with Crippen LogP contribution in [0, 0.1) is 25.7 Å². The van der Waals surface area contributed by atoms with Crippen LogP contribution in [0.1, 0.15) is 85.3 Å². The van der Waals surface area contributed by atoms with E-state index in [0.29, 0.717) is 49.4 Å². The summed E-state index contributed by atoms with van der Waals surface area (Å²) in [7, 11) is 0. The summed E-state index contributed by atoms with van der Waals surface area (Å²) in [6.45, 7) is 21.9. The Hall–Kier alpha value is -6.64. The van der Waals surface area contributed by atoms with Gasteiger partial charge in [0.15, 0.2) is 0 Å². The van der Waals surface area contributed by atoms with Gasteiger partial charge in [-0.1, -0.05) is 47.9 Å². The third kappa shape index (κ3) is 8.67. The number of hydrogen-bond donors (Lipinski definition) is 3. The highest BCUT2D eigenvalue weighted by atomic mass is 16.3. The maximum atomic E-state index is 11.9. The van der Waals surface area contributed by atoms with Crippen LogP contribution in [0.3, 0.4) is 0 Å². The summed E-state index contributed by atoms with van der Waals surface area (Å²) in [4.78, 5) is 50.8. The molecule has 2 aliphatic heterocycles. The third-order valence-corrected chi connectivity index (χ3v) is 14.0. The molecule has 15 nitrogen and oxygen atoms in total. The van der Waals surface area contributed by atoms with E-state index in [-0.39, 0.29) is 38.3 Å². The molecule has 2 amide bonds. The van der Waals surface area contributed by atoms with Crippen molar-refractivity contribution >= 4 is 45.3 Å². The molecule has 4 aromatic heterocycles. The van der Waals surface area contributed by atoms with Gasteiger partial charge in [0.25, 0.3) is 0 Å². The van der Waals surface area contributed by atoms with Crippen LogP contribution in [0.15, 0.2) is 68.6 Å². The molecule has 2 fully saturated rings. The normalized spacial score (nSPS) is 20.4. The van der Waals surface area contributed by atoms with E-state index < -0.39 is 0 Å². The summed E-state index contributed by atoms with van der Waals surface area (Å²) in [6.07, 6.45) is 13.5. The number of benzene rings is 2. The number of phenols is 1. The summed E-state index contributed by atoms with van der Waals surface area (Å²) < 4.78 is 0. The van der Waals surface area contributed by atoms with Crippen LogP contribution < -0.4 is 9.80 Å². The zero-order valence-corrected chi connectivity index (χ0v) is 36.6. The number of H-pyrrole nitrogens is 2. The van der Waals surface area contributed by atoms with Crippen LogP contribution in [-0.2, 0) is 35.3 Å². The van der Waals surface area contributed by atoms with Gasteiger partial charge in [0.05, 0.1) is 17.9 Å². The van der Waals surface area contributed by atoms with Crippen LogP contribution in [0.5, 0.6) is 5.75 Å². The number of carbonyl (C=O) groups is 2. The minimum atomic E-state index is -0.0133. The third-order valence-electron chi connectivity index (χ3n) is 14.0. The molecule has 6 heterocycles. The average Bonchev–Trinajstić information content (AvgIpc) is 4.00. The smallest absolute Gasteiger partial charge is 0.246 e. The molecule has 0 radical (unpaired) electrons. The molecule has 2 saturated heterocycles. The molecule has 0 spiro atoms. The van der Waals surface area contributed by atoms with E-state index in [2.05, 4.69) is 98.1 Å². The number of anilines is 2. The second-order valence-corrected chi connectivity index (χ2v) is 17.7. The second kappa shape index (κ2) is 19.2. The van der Waals surface area contributed by atoms with Gasteiger partial charge in [-0.3, -0.25) is 19.8 Å². The van der Waals surface area contributed by atoms with Crippen molar-refractivity contribution in [2.24, 2.45) is 11.8 Å². The fourth-order valence-electron chi connectivity index (χ4n) is 10.6. The van der Waals surface area contributed by atoms with Crippen molar-refractivity contribution in [2.75, 3.05) is 62.2 Å². The van der Waals surface area contributed by atoms with Crippen molar-refractivity contribution in [1.29, 1.82) is 0 Å². The molecule has 0 saturated carbocycles. The number of aromatic hydroxyl groups is 1. The van der Waals surface area contributed by atoms with E-state index >= 15 is 0 Å². The number of nitrogens with zero attached hydrogens (tertiary/aromatic N) is 10. The van der Waals surface area contributed by atoms with Crippen molar-refractivity contribution in [3.8, 4) is 5.75 Å². The fourth-order valence-corrected chi connectivity index (χ4v) is 10.6. The molecule has 4 atom stereocenters. The SMILES string of the molecule is C.C.C=CC(=O)N1CCN(c2ncnc3c2C[C@@H](C)[C@H](c2c(C)cc(O)c4[nH]ncc24)C3)CC1.C=CC(=O)N1CCN(c2ncnc3c2C[C@@H](C)[C@H](c2c(C)ccc4[nH]ncc24)C3)CC1. The van der Waals surface area contributed by atoms with E-state index in [0.717, 1.165) is 91.4 Å². The molecular formula is C50H64N12O3. The van der Waals surface area contributed by atoms with Crippen LogP contribution >= 0.6 is 0 Å². The zero-order chi connectivity index (χ0) is 43.9. The summed E-state index contributed by atoms with van der Waals surface area (Å²) in [6, 6.07) is 6.13. The van der Waals surface area contributed by atoms with Crippen molar-refractivity contribution < 1.29 is 14.7 Å². The van der Waals surface area contributed by atoms with Gasteiger partial charge in [0.2, 0.25) is 11.8 Å². The Morgan fingerprint density at radius 3 is 1.65 bits per heavy atom. The van der Waals surface area contributed by atoms with Gasteiger partial charge >= 0.3 is 0 Å². The molecule has 2 aliphatic carbocycles. The van der Waals surface area contributed by atoms with E-state index in [1.54, 1.807) is 12.7 Å². The Labute approximate surface area is 382 Å². The molecule has 3 N–H and O–H groups in total. The Balaban J connectivity index is 0.000000188. The summed E-state index contributed by atoms with van der Waals surface area (Å²) >= 11 is 0. The molecule has 4 aliphatic rings. The lowest BCUT2D eigenvalue weighted by molar-refractivity contribution is -0.127. The van der Waals surface area contributed by atoms with Crippen molar-refractivity contribution in [1.82, 2.24) is 50.1 Å². The van der Waals surface area contributed by atoms with Crippen LogP contribution in [0.25, 0.3) is 21.8 Å². The molecule has 0 unspecified atom stereocenters. The highest BCUT2D eigenvalue weighted by Crippen LogP contribution is 2.45. The molecule has 65 heavy (non-hydrogen) atoms. The molecule has 6 aromatic rings. The number of hydrogen-bond acceptors (Lipinski definition) is 11. The Kier molecular flexibility index (Phi) is 13.7. The number of phenolic OH excluding ortho intramolecular Hbond substituents is 1. The lowest BCUT2D eigenvalue weighted by Gasteiger charge is -2.38. The summed E-state index contributed by atoms with van der Waals surface area (Å²) in [5, 5.41) is 27.0. The molecule has 342 valence electrons. The van der Waals surface area contributed by atoms with Crippen LogP contribution in [0.2, 0.25) is 0 Å². The highest BCUT2D eigenvalue weighted by Gasteiger charge is 2.36. The number of fused-ring (bicyclic) bond motifs is 4. The lowest BCUT2D eigenvalue weighted by atomic mass is 9.73. The van der Waals surface area contributed by atoms with E-state index in [1.807, 2.05) is 28.3 Å². The molecule has 2 aromatic carbocycles. The van der Waals surface area contributed by atoms with Gasteiger partial charge in [0.1, 0.15) is 35.6 Å². The monoisotopic (exact) mass is 881 g/mol. The average molecular weight is 881 g/mol. The summed E-state index contributed by atoms with van der Waals surface area (Å²) in [5.74, 6) is 3.82. The van der Waals surface area contributed by atoms with Gasteiger partial charge in [0, 0.05) is 85.6 Å². The van der Waals surface area contributed by atoms with E-state index in [4.69, 9.17) is 4.98 Å². The molecule has 15 heteroatoms. The number of aromatic nitrogens is 8. The fraction of sp³-hybridized carbons (Fsp3) is 0.440. The quantitative estimate of drug-likeness (QED) is 0.147. The Bertz CT molecular complexity index is 2710. The Morgan fingerprint density at radius 1 is 0.662 bits per heavy atom. The van der Waals surface area contributed by atoms with Gasteiger partial charge < -0.3 is 24.7 Å². The highest BCUT2D eigenvalue weighted by molar-refractivity contribution is 5.89. The van der Waals surface area contributed by atoms with Crippen LogP contribution in [-0.4, -0.2) is 119 Å². The standard InChI is InChI=1S/C24H28N6O2.C24H28N6O.2CH4/c1-4-21(32)29-5-7-30(8-6-29)24-17-9-14(2)16(11-19(17)25-13-26-24)22-15(3)10-20(31)23-18(22)12-27-28-23;1-4-22(31)29-7-9-30(10-8-29)24-18-11-16(3)17(12-21(18)25-14-26-24)23-15(2)5-6-20-19(23)13-27-28-20;;/h4,10,12-14,16,31H,1,5-9,11H2,2-3H3,(H,27,28);4-6,13-14,16-17H,1,7-12H2,2-3H3,(H,27,28);2*1H4/t14-,16-;16-,17-;;/m11../s1. The van der Waals surface area contributed by atoms with E-state index in [1.165, 1.54) is 45.4 Å². The molecule has 0 bridgehead atoms.